The van der Waals surface area contributed by atoms with Crippen molar-refractivity contribution >= 4 is 11.7 Å². The SMILES string of the molecule is O=C1C[C@H](c2ccc(F)cc2)c2cnn(Cc3ccco3)c2N1. The maximum absolute atomic E-state index is 13.1. The molecule has 3 aromatic rings. The summed E-state index contributed by atoms with van der Waals surface area (Å²) in [7, 11) is 0. The number of fused-ring (bicyclic) bond motifs is 1. The number of carbonyl (C=O) groups excluding carboxylic acids is 1. The van der Waals surface area contributed by atoms with E-state index < -0.39 is 0 Å². The Balaban J connectivity index is 1.72. The number of hydrogen-bond donors (Lipinski definition) is 1. The van der Waals surface area contributed by atoms with Gasteiger partial charge in [-0.05, 0) is 29.8 Å². The van der Waals surface area contributed by atoms with Gasteiger partial charge in [-0.25, -0.2) is 9.07 Å². The number of nitrogens with zero attached hydrogens (tertiary/aromatic N) is 2. The van der Waals surface area contributed by atoms with Gasteiger partial charge in [0, 0.05) is 17.9 Å². The average molecular weight is 311 g/mol. The molecular formula is C17H14FN3O2. The molecule has 1 aromatic carbocycles. The molecule has 116 valence electrons. The van der Waals surface area contributed by atoms with Crippen molar-refractivity contribution in [1.29, 1.82) is 0 Å². The van der Waals surface area contributed by atoms with E-state index in [2.05, 4.69) is 10.4 Å². The number of hydrogen-bond acceptors (Lipinski definition) is 3. The largest absolute Gasteiger partial charge is 0.467 e. The van der Waals surface area contributed by atoms with Crippen LogP contribution in [0.3, 0.4) is 0 Å². The van der Waals surface area contributed by atoms with Gasteiger partial charge < -0.3 is 9.73 Å². The van der Waals surface area contributed by atoms with Gasteiger partial charge in [-0.2, -0.15) is 5.10 Å². The molecule has 0 radical (unpaired) electrons. The summed E-state index contributed by atoms with van der Waals surface area (Å²) in [6, 6.07) is 9.92. The molecule has 4 rings (SSSR count). The number of halogens is 1. The van der Waals surface area contributed by atoms with Crippen LogP contribution in [0.1, 0.15) is 29.2 Å². The van der Waals surface area contributed by atoms with Crippen LogP contribution < -0.4 is 5.32 Å². The van der Waals surface area contributed by atoms with E-state index in [9.17, 15) is 9.18 Å². The van der Waals surface area contributed by atoms with Gasteiger partial charge in [-0.15, -0.1) is 0 Å². The maximum Gasteiger partial charge on any atom is 0.226 e. The molecule has 2 aromatic heterocycles. The second-order valence-corrected chi connectivity index (χ2v) is 5.54. The maximum atomic E-state index is 13.1. The lowest BCUT2D eigenvalue weighted by Crippen LogP contribution is -2.25. The van der Waals surface area contributed by atoms with Crippen LogP contribution in [0.25, 0.3) is 0 Å². The first-order valence-corrected chi connectivity index (χ1v) is 7.34. The fourth-order valence-corrected chi connectivity index (χ4v) is 2.93. The first kappa shape index (κ1) is 13.8. The number of nitrogens with one attached hydrogen (secondary N) is 1. The van der Waals surface area contributed by atoms with Crippen molar-refractivity contribution in [3.8, 4) is 0 Å². The van der Waals surface area contributed by atoms with Crippen molar-refractivity contribution in [2.45, 2.75) is 18.9 Å². The zero-order valence-electron chi connectivity index (χ0n) is 12.2. The minimum Gasteiger partial charge on any atom is -0.467 e. The van der Waals surface area contributed by atoms with E-state index >= 15 is 0 Å². The molecular weight excluding hydrogens is 297 g/mol. The molecule has 0 bridgehead atoms. The molecule has 0 aliphatic carbocycles. The molecule has 1 aliphatic heterocycles. The Morgan fingerprint density at radius 3 is 2.87 bits per heavy atom. The number of benzene rings is 1. The molecule has 0 saturated heterocycles. The van der Waals surface area contributed by atoms with Crippen LogP contribution in [0.15, 0.2) is 53.3 Å². The molecule has 1 amide bonds. The van der Waals surface area contributed by atoms with E-state index in [1.807, 2.05) is 12.1 Å². The second-order valence-electron chi connectivity index (χ2n) is 5.54. The third-order valence-electron chi connectivity index (χ3n) is 4.05. The van der Waals surface area contributed by atoms with Crippen LogP contribution in [-0.4, -0.2) is 15.7 Å². The molecule has 6 heteroatoms. The Kier molecular flexibility index (Phi) is 3.22. The van der Waals surface area contributed by atoms with Gasteiger partial charge in [0.15, 0.2) is 0 Å². The summed E-state index contributed by atoms with van der Waals surface area (Å²) in [5.74, 6) is 0.946. The smallest absolute Gasteiger partial charge is 0.226 e. The Morgan fingerprint density at radius 2 is 2.13 bits per heavy atom. The van der Waals surface area contributed by atoms with Gasteiger partial charge >= 0.3 is 0 Å². The summed E-state index contributed by atoms with van der Waals surface area (Å²) in [6.45, 7) is 0.443. The molecule has 0 spiro atoms. The number of carbonyl (C=O) groups is 1. The van der Waals surface area contributed by atoms with Crippen LogP contribution in [0.4, 0.5) is 10.2 Å². The lowest BCUT2D eigenvalue weighted by Gasteiger charge is -2.23. The molecule has 1 atom stereocenters. The summed E-state index contributed by atoms with van der Waals surface area (Å²) in [4.78, 5) is 12.1. The quantitative estimate of drug-likeness (QED) is 0.808. The van der Waals surface area contributed by atoms with E-state index in [0.717, 1.165) is 16.9 Å². The van der Waals surface area contributed by atoms with E-state index in [4.69, 9.17) is 4.42 Å². The van der Waals surface area contributed by atoms with Gasteiger partial charge in [-0.1, -0.05) is 12.1 Å². The lowest BCUT2D eigenvalue weighted by atomic mass is 9.87. The number of aromatic nitrogens is 2. The van der Waals surface area contributed by atoms with Crippen molar-refractivity contribution in [3.63, 3.8) is 0 Å². The van der Waals surface area contributed by atoms with Crippen LogP contribution in [-0.2, 0) is 11.3 Å². The molecule has 1 N–H and O–H groups in total. The molecule has 3 heterocycles. The molecule has 0 saturated carbocycles. The van der Waals surface area contributed by atoms with E-state index in [0.29, 0.717) is 18.8 Å². The predicted octanol–water partition coefficient (Wildman–Crippen LogP) is 3.14. The topological polar surface area (TPSA) is 60.1 Å². The van der Waals surface area contributed by atoms with Gasteiger partial charge in [-0.3, -0.25) is 4.79 Å². The zero-order valence-corrected chi connectivity index (χ0v) is 12.2. The van der Waals surface area contributed by atoms with Crippen LogP contribution in [0, 0.1) is 5.82 Å². The normalized spacial score (nSPS) is 16.9. The summed E-state index contributed by atoms with van der Waals surface area (Å²) in [5, 5.41) is 7.25. The first-order chi connectivity index (χ1) is 11.2. The highest BCUT2D eigenvalue weighted by Crippen LogP contribution is 2.37. The number of furan rings is 1. The standard InChI is InChI=1S/C17H14FN3O2/c18-12-5-3-11(4-6-12)14-8-16(22)20-17-15(14)9-19-21(17)10-13-2-1-7-23-13/h1-7,9,14H,8,10H2,(H,20,22)/t14-/m1/s1. The molecule has 5 nitrogen and oxygen atoms in total. The van der Waals surface area contributed by atoms with Gasteiger partial charge in [0.05, 0.1) is 12.5 Å². The highest BCUT2D eigenvalue weighted by atomic mass is 19.1. The van der Waals surface area contributed by atoms with Crippen molar-refractivity contribution in [1.82, 2.24) is 9.78 Å². The second kappa shape index (κ2) is 5.39. The Hall–Kier alpha value is -2.89. The lowest BCUT2D eigenvalue weighted by molar-refractivity contribution is -0.116. The number of anilines is 1. The van der Waals surface area contributed by atoms with E-state index in [1.165, 1.54) is 12.1 Å². The Bertz CT molecular complexity index is 837. The third kappa shape index (κ3) is 2.52. The zero-order chi connectivity index (χ0) is 15.8. The minimum absolute atomic E-state index is 0.0759. The predicted molar refractivity (Wildman–Crippen MR) is 81.5 cm³/mol. The monoisotopic (exact) mass is 311 g/mol. The van der Waals surface area contributed by atoms with Crippen molar-refractivity contribution in [2.75, 3.05) is 5.32 Å². The summed E-state index contributed by atoms with van der Waals surface area (Å²) in [5.41, 5.74) is 1.84. The summed E-state index contributed by atoms with van der Waals surface area (Å²) in [6.07, 6.45) is 3.68. The molecule has 0 fully saturated rings. The minimum atomic E-state index is -0.289. The Morgan fingerprint density at radius 1 is 1.30 bits per heavy atom. The fourth-order valence-electron chi connectivity index (χ4n) is 2.93. The van der Waals surface area contributed by atoms with E-state index in [-0.39, 0.29) is 17.6 Å². The molecule has 0 unspecified atom stereocenters. The van der Waals surface area contributed by atoms with Crippen LogP contribution in [0.5, 0.6) is 0 Å². The summed E-state index contributed by atoms with van der Waals surface area (Å²) < 4.78 is 20.2. The Labute approximate surface area is 131 Å². The van der Waals surface area contributed by atoms with Gasteiger partial charge in [0.2, 0.25) is 5.91 Å². The van der Waals surface area contributed by atoms with Crippen molar-refractivity contribution in [2.24, 2.45) is 0 Å². The third-order valence-corrected chi connectivity index (χ3v) is 4.05. The highest BCUT2D eigenvalue weighted by molar-refractivity contribution is 5.94. The van der Waals surface area contributed by atoms with Gasteiger partial charge in [0.25, 0.3) is 0 Å². The average Bonchev–Trinajstić information content (AvgIpc) is 3.18. The fraction of sp³-hybridized carbons (Fsp3) is 0.176. The number of rotatable bonds is 3. The first-order valence-electron chi connectivity index (χ1n) is 7.34. The van der Waals surface area contributed by atoms with Crippen LogP contribution in [0.2, 0.25) is 0 Å². The molecule has 1 aliphatic rings. The van der Waals surface area contributed by atoms with Crippen molar-refractivity contribution in [3.05, 3.63) is 71.6 Å². The van der Waals surface area contributed by atoms with E-state index in [1.54, 1.807) is 29.3 Å². The van der Waals surface area contributed by atoms with Crippen LogP contribution >= 0.6 is 0 Å². The molecule has 23 heavy (non-hydrogen) atoms. The van der Waals surface area contributed by atoms with Gasteiger partial charge in [0.1, 0.15) is 23.9 Å². The highest BCUT2D eigenvalue weighted by Gasteiger charge is 2.30. The summed E-state index contributed by atoms with van der Waals surface area (Å²) >= 11 is 0. The number of amides is 1. The van der Waals surface area contributed by atoms with Crippen molar-refractivity contribution < 1.29 is 13.6 Å².